The van der Waals surface area contributed by atoms with Gasteiger partial charge in [-0.25, -0.2) is 0 Å². The smallest absolute Gasteiger partial charge is 0.0376 e. The minimum absolute atomic E-state index is 0.450. The van der Waals surface area contributed by atoms with Crippen LogP contribution in [0, 0.1) is 26.7 Å². The largest absolute Gasteiger partial charge is 0.398 e. The Morgan fingerprint density at radius 2 is 1.36 bits per heavy atom. The minimum Gasteiger partial charge on any atom is -0.398 e. The maximum Gasteiger partial charge on any atom is 0.0376 e. The summed E-state index contributed by atoms with van der Waals surface area (Å²) in [7, 11) is 0. The number of nitrogens with two attached hydrogens (primary N) is 1. The van der Waals surface area contributed by atoms with Gasteiger partial charge in [0.05, 0.1) is 0 Å². The Balaban J connectivity index is 2.68. The molecule has 0 aliphatic carbocycles. The minimum atomic E-state index is 0.450. The summed E-state index contributed by atoms with van der Waals surface area (Å²) in [6, 6.07) is 9.68. The Morgan fingerprint density at radius 1 is 0.786 bits per heavy atom. The van der Waals surface area contributed by atoms with Crippen LogP contribution in [0.5, 0.6) is 0 Å². The van der Waals surface area contributed by atoms with E-state index in [1.165, 1.54) is 64.6 Å². The fraction of sp³-hybridized carbons (Fsp3) is 0.556. The van der Waals surface area contributed by atoms with Crippen molar-refractivity contribution < 1.29 is 0 Å². The van der Waals surface area contributed by atoms with E-state index in [2.05, 4.69) is 72.7 Å². The zero-order valence-electron chi connectivity index (χ0n) is 19.3. The molecule has 2 atom stereocenters. The molecule has 2 rings (SSSR count). The molecule has 1 nitrogen and oxygen atoms in total. The maximum absolute atomic E-state index is 6.38. The van der Waals surface area contributed by atoms with E-state index < -0.39 is 0 Å². The lowest BCUT2D eigenvalue weighted by molar-refractivity contribution is 0.405. The summed E-state index contributed by atoms with van der Waals surface area (Å²) in [4.78, 5) is 0. The molecule has 0 radical (unpaired) electrons. The van der Waals surface area contributed by atoms with Crippen LogP contribution in [-0.2, 0) is 12.8 Å². The van der Waals surface area contributed by atoms with Crippen LogP contribution in [0.25, 0.3) is 0 Å². The van der Waals surface area contributed by atoms with E-state index in [1.54, 1.807) is 0 Å². The molecule has 2 unspecified atom stereocenters. The van der Waals surface area contributed by atoms with Gasteiger partial charge in [0.15, 0.2) is 0 Å². The first-order valence-corrected chi connectivity index (χ1v) is 11.4. The highest BCUT2D eigenvalue weighted by molar-refractivity contribution is 5.57. The molecule has 1 heteroatoms. The topological polar surface area (TPSA) is 26.0 Å². The average molecular weight is 380 g/mol. The molecule has 0 aromatic heterocycles. The number of benzene rings is 2. The molecule has 0 aliphatic heterocycles. The summed E-state index contributed by atoms with van der Waals surface area (Å²) in [5.74, 6) is 1.12. The van der Waals surface area contributed by atoms with E-state index in [1.807, 2.05) is 0 Å². The molecule has 154 valence electrons. The second kappa shape index (κ2) is 10.1. The zero-order chi connectivity index (χ0) is 20.8. The molecule has 0 fully saturated rings. The summed E-state index contributed by atoms with van der Waals surface area (Å²) >= 11 is 0. The highest BCUT2D eigenvalue weighted by Crippen LogP contribution is 2.40. The van der Waals surface area contributed by atoms with Crippen molar-refractivity contribution in [1.82, 2.24) is 0 Å². The lowest BCUT2D eigenvalue weighted by Gasteiger charge is -2.30. The van der Waals surface area contributed by atoms with Gasteiger partial charge in [-0.3, -0.25) is 0 Å². The number of nitrogen functional groups attached to an aromatic ring is 1. The van der Waals surface area contributed by atoms with E-state index in [-0.39, 0.29) is 0 Å². The van der Waals surface area contributed by atoms with Crippen molar-refractivity contribution in [2.24, 2.45) is 5.92 Å². The Hall–Kier alpha value is -1.76. The van der Waals surface area contributed by atoms with Gasteiger partial charge in [-0.05, 0) is 84.9 Å². The highest BCUT2D eigenvalue weighted by Gasteiger charge is 2.25. The van der Waals surface area contributed by atoms with Gasteiger partial charge in [-0.15, -0.1) is 0 Å². The molecule has 2 aromatic carbocycles. The summed E-state index contributed by atoms with van der Waals surface area (Å²) in [6.45, 7) is 15.9. The van der Waals surface area contributed by atoms with Gasteiger partial charge in [0, 0.05) is 11.6 Å². The fourth-order valence-electron chi connectivity index (χ4n) is 4.69. The Bertz CT molecular complexity index is 728. The second-order valence-electron chi connectivity index (χ2n) is 8.53. The average Bonchev–Trinajstić information content (AvgIpc) is 2.69. The second-order valence-corrected chi connectivity index (χ2v) is 8.53. The van der Waals surface area contributed by atoms with Crippen LogP contribution in [0.3, 0.4) is 0 Å². The van der Waals surface area contributed by atoms with Crippen molar-refractivity contribution in [2.45, 2.75) is 92.9 Å². The van der Waals surface area contributed by atoms with E-state index in [9.17, 15) is 0 Å². The van der Waals surface area contributed by atoms with Gasteiger partial charge in [0.2, 0.25) is 0 Å². The van der Waals surface area contributed by atoms with Crippen LogP contribution < -0.4 is 5.73 Å². The van der Waals surface area contributed by atoms with Gasteiger partial charge >= 0.3 is 0 Å². The lowest BCUT2D eigenvalue weighted by atomic mass is 9.75. The van der Waals surface area contributed by atoms with Crippen LogP contribution in [0.2, 0.25) is 0 Å². The van der Waals surface area contributed by atoms with Gasteiger partial charge in [0.1, 0.15) is 0 Å². The predicted molar refractivity (Wildman–Crippen MR) is 125 cm³/mol. The number of unbranched alkanes of at least 4 members (excludes halogenated alkanes) is 1. The third-order valence-corrected chi connectivity index (χ3v) is 6.70. The Kier molecular flexibility index (Phi) is 8.16. The monoisotopic (exact) mass is 379 g/mol. The van der Waals surface area contributed by atoms with Gasteiger partial charge in [-0.1, -0.05) is 71.2 Å². The molecule has 0 bridgehead atoms. The summed E-state index contributed by atoms with van der Waals surface area (Å²) in [5.41, 5.74) is 17.2. The van der Waals surface area contributed by atoms with Crippen molar-refractivity contribution in [3.63, 3.8) is 0 Å². The summed E-state index contributed by atoms with van der Waals surface area (Å²) in [6.07, 6.45) is 7.15. The van der Waals surface area contributed by atoms with Crippen molar-refractivity contribution in [2.75, 3.05) is 5.73 Å². The Morgan fingerprint density at radius 3 is 1.89 bits per heavy atom. The quantitative estimate of drug-likeness (QED) is 0.444. The van der Waals surface area contributed by atoms with E-state index >= 15 is 0 Å². The molecular formula is C27H41N. The summed E-state index contributed by atoms with van der Waals surface area (Å²) in [5, 5.41) is 0. The van der Waals surface area contributed by atoms with Crippen molar-refractivity contribution in [3.8, 4) is 0 Å². The molecule has 0 saturated heterocycles. The molecule has 0 saturated carbocycles. The number of aryl methyl sites for hydroxylation is 4. The van der Waals surface area contributed by atoms with E-state index in [0.717, 1.165) is 18.5 Å². The summed E-state index contributed by atoms with van der Waals surface area (Å²) < 4.78 is 0. The molecule has 0 heterocycles. The number of rotatable bonds is 9. The third-order valence-electron chi connectivity index (χ3n) is 6.70. The number of hydrogen-bond acceptors (Lipinski definition) is 1. The Labute approximate surface area is 173 Å². The third kappa shape index (κ3) is 4.80. The molecule has 2 aromatic rings. The predicted octanol–water partition coefficient (Wildman–Crippen LogP) is 7.67. The van der Waals surface area contributed by atoms with E-state index in [4.69, 9.17) is 5.73 Å². The molecule has 2 N–H and O–H groups in total. The molecule has 0 aliphatic rings. The highest BCUT2D eigenvalue weighted by atomic mass is 14.6. The van der Waals surface area contributed by atoms with E-state index in [0.29, 0.717) is 11.8 Å². The first-order chi connectivity index (χ1) is 13.4. The van der Waals surface area contributed by atoms with Crippen LogP contribution in [0.4, 0.5) is 5.69 Å². The van der Waals surface area contributed by atoms with Crippen molar-refractivity contribution in [1.29, 1.82) is 0 Å². The first-order valence-electron chi connectivity index (χ1n) is 11.4. The molecule has 28 heavy (non-hydrogen) atoms. The maximum atomic E-state index is 6.38. The number of hydrogen-bond donors (Lipinski definition) is 1. The van der Waals surface area contributed by atoms with Crippen LogP contribution in [0.1, 0.15) is 98.2 Å². The molecule has 0 amide bonds. The first kappa shape index (κ1) is 22.5. The van der Waals surface area contributed by atoms with Gasteiger partial charge in [-0.2, -0.15) is 0 Å². The van der Waals surface area contributed by atoms with Crippen LogP contribution in [-0.4, -0.2) is 0 Å². The molecule has 0 spiro atoms. The molecular weight excluding hydrogens is 338 g/mol. The SMILES string of the molecule is CCCCC(CC)C(c1cc(C)c(C)c(CC)c1)c1cc(C)c(N)c(CC)c1. The van der Waals surface area contributed by atoms with Gasteiger partial charge < -0.3 is 5.73 Å². The lowest BCUT2D eigenvalue weighted by Crippen LogP contribution is -2.16. The van der Waals surface area contributed by atoms with Crippen molar-refractivity contribution >= 4 is 5.69 Å². The van der Waals surface area contributed by atoms with Gasteiger partial charge in [0.25, 0.3) is 0 Å². The zero-order valence-corrected chi connectivity index (χ0v) is 19.3. The standard InChI is InChI=1S/C27H41N/c1-8-12-13-21(9-2)26(24-14-18(5)20(7)22(10-3)16-24)25-15-19(6)27(28)23(11-4)17-25/h14-17,21,26H,8-13,28H2,1-7H3. The van der Waals surface area contributed by atoms with Crippen LogP contribution in [0.15, 0.2) is 24.3 Å². The number of anilines is 1. The normalized spacial score (nSPS) is 13.5. The van der Waals surface area contributed by atoms with Crippen LogP contribution >= 0.6 is 0 Å². The van der Waals surface area contributed by atoms with Crippen molar-refractivity contribution in [3.05, 3.63) is 63.2 Å². The fourth-order valence-corrected chi connectivity index (χ4v) is 4.69.